The Bertz CT molecular complexity index is 351. The molecule has 0 aromatic carbocycles. The zero-order valence-electron chi connectivity index (χ0n) is 9.44. The molecule has 0 radical (unpaired) electrons. The third kappa shape index (κ3) is 2.90. The molecule has 1 aromatic rings. The molecule has 1 aromatic heterocycles. The summed E-state index contributed by atoms with van der Waals surface area (Å²) in [5.41, 5.74) is 0.224. The highest BCUT2D eigenvalue weighted by Crippen LogP contribution is 2.20. The van der Waals surface area contributed by atoms with Gasteiger partial charge in [-0.3, -0.25) is 0 Å². The molecule has 88 valence electrons. The predicted octanol–water partition coefficient (Wildman–Crippen LogP) is 0.738. The van der Waals surface area contributed by atoms with Crippen LogP contribution in [0.1, 0.15) is 18.5 Å². The Morgan fingerprint density at radius 3 is 2.94 bits per heavy atom. The van der Waals surface area contributed by atoms with Gasteiger partial charge in [-0.05, 0) is 13.0 Å². The molecule has 0 bridgehead atoms. The smallest absolute Gasteiger partial charge is 0.222 e. The number of aryl methyl sites for hydroxylation is 1. The summed E-state index contributed by atoms with van der Waals surface area (Å²) in [6, 6.07) is 1.84. The van der Waals surface area contributed by atoms with Crippen molar-refractivity contribution in [2.75, 3.05) is 25.1 Å². The Morgan fingerprint density at radius 1 is 1.50 bits per heavy atom. The summed E-state index contributed by atoms with van der Waals surface area (Å²) in [5.74, 6) is 0.569. The molecule has 2 heterocycles. The summed E-state index contributed by atoms with van der Waals surface area (Å²) in [5, 5.41) is 13.3. The molecule has 1 saturated heterocycles. The first-order chi connectivity index (χ1) is 7.68. The van der Waals surface area contributed by atoms with Crippen LogP contribution in [0.2, 0.25) is 0 Å². The monoisotopic (exact) mass is 223 g/mol. The molecule has 0 spiro atoms. The number of hydrogen-bond donors (Lipinski definition) is 2. The van der Waals surface area contributed by atoms with Crippen LogP contribution in [0.25, 0.3) is 0 Å². The van der Waals surface area contributed by atoms with E-state index in [1.807, 2.05) is 13.0 Å². The molecule has 2 rings (SSSR count). The molecule has 0 amide bonds. The molecule has 16 heavy (non-hydrogen) atoms. The summed E-state index contributed by atoms with van der Waals surface area (Å²) >= 11 is 0. The molecule has 0 atom stereocenters. The summed E-state index contributed by atoms with van der Waals surface area (Å²) in [4.78, 5) is 8.31. The third-order valence-corrected chi connectivity index (χ3v) is 2.79. The van der Waals surface area contributed by atoms with Crippen molar-refractivity contribution >= 4 is 5.95 Å². The molecule has 5 heteroatoms. The van der Waals surface area contributed by atoms with Gasteiger partial charge in [0.05, 0.1) is 5.60 Å². The Morgan fingerprint density at radius 2 is 2.25 bits per heavy atom. The number of anilines is 1. The Balaban J connectivity index is 1.91. The number of ether oxygens (including phenoxy) is 1. The number of nitrogens with zero attached hydrogens (tertiary/aromatic N) is 2. The summed E-state index contributed by atoms with van der Waals surface area (Å²) < 4.78 is 5.22. The highest BCUT2D eigenvalue weighted by Gasteiger charge is 2.29. The van der Waals surface area contributed by atoms with Gasteiger partial charge >= 0.3 is 0 Å². The van der Waals surface area contributed by atoms with Crippen molar-refractivity contribution in [3.05, 3.63) is 18.0 Å². The van der Waals surface area contributed by atoms with Gasteiger partial charge in [0, 0.05) is 44.5 Å². The predicted molar refractivity (Wildman–Crippen MR) is 60.3 cm³/mol. The molecule has 1 aliphatic rings. The molecule has 5 nitrogen and oxygen atoms in total. The number of aliphatic hydroxyl groups is 1. The molecular weight excluding hydrogens is 206 g/mol. The van der Waals surface area contributed by atoms with Gasteiger partial charge in [-0.15, -0.1) is 0 Å². The van der Waals surface area contributed by atoms with Crippen molar-refractivity contribution in [1.82, 2.24) is 9.97 Å². The van der Waals surface area contributed by atoms with Crippen molar-refractivity contribution in [2.45, 2.75) is 25.4 Å². The van der Waals surface area contributed by atoms with Crippen LogP contribution in [0.15, 0.2) is 12.3 Å². The van der Waals surface area contributed by atoms with Crippen LogP contribution in [0.5, 0.6) is 0 Å². The molecular formula is C11H17N3O2. The maximum Gasteiger partial charge on any atom is 0.222 e. The van der Waals surface area contributed by atoms with E-state index in [4.69, 9.17) is 4.74 Å². The first-order valence-corrected chi connectivity index (χ1v) is 5.52. The van der Waals surface area contributed by atoms with E-state index in [9.17, 15) is 5.11 Å². The van der Waals surface area contributed by atoms with Gasteiger partial charge in [0.2, 0.25) is 5.95 Å². The van der Waals surface area contributed by atoms with Crippen LogP contribution in [0.4, 0.5) is 5.95 Å². The lowest BCUT2D eigenvalue weighted by Gasteiger charge is -2.32. The van der Waals surface area contributed by atoms with Crippen LogP contribution in [-0.2, 0) is 4.74 Å². The minimum absolute atomic E-state index is 0.472. The fourth-order valence-corrected chi connectivity index (χ4v) is 1.71. The van der Waals surface area contributed by atoms with Gasteiger partial charge in [0.15, 0.2) is 0 Å². The normalized spacial score (nSPS) is 19.4. The van der Waals surface area contributed by atoms with Crippen LogP contribution in [-0.4, -0.2) is 40.4 Å². The van der Waals surface area contributed by atoms with E-state index < -0.39 is 5.60 Å². The molecule has 1 aliphatic heterocycles. The zero-order chi connectivity index (χ0) is 11.4. The quantitative estimate of drug-likeness (QED) is 0.791. The fraction of sp³-hybridized carbons (Fsp3) is 0.636. The lowest BCUT2D eigenvalue weighted by molar-refractivity contribution is -0.0544. The highest BCUT2D eigenvalue weighted by atomic mass is 16.5. The van der Waals surface area contributed by atoms with Gasteiger partial charge in [-0.1, -0.05) is 0 Å². The number of aromatic nitrogens is 2. The summed E-state index contributed by atoms with van der Waals surface area (Å²) in [6.45, 7) is 3.62. The molecule has 0 saturated carbocycles. The Labute approximate surface area is 94.9 Å². The van der Waals surface area contributed by atoms with Gasteiger partial charge in [-0.25, -0.2) is 9.97 Å². The number of rotatable bonds is 3. The van der Waals surface area contributed by atoms with E-state index >= 15 is 0 Å². The molecule has 0 aliphatic carbocycles. The largest absolute Gasteiger partial charge is 0.388 e. The standard InChI is InChI=1S/C11H17N3O2/c1-9-2-5-12-10(14-9)13-8-11(15)3-6-16-7-4-11/h2,5,15H,3-4,6-8H2,1H3,(H,12,13,14). The van der Waals surface area contributed by atoms with Crippen LogP contribution < -0.4 is 5.32 Å². The zero-order valence-corrected chi connectivity index (χ0v) is 9.44. The maximum atomic E-state index is 10.2. The Kier molecular flexibility index (Phi) is 3.36. The average molecular weight is 223 g/mol. The molecule has 2 N–H and O–H groups in total. The first kappa shape index (κ1) is 11.3. The Hall–Kier alpha value is -1.20. The van der Waals surface area contributed by atoms with E-state index in [1.165, 1.54) is 0 Å². The van der Waals surface area contributed by atoms with Crippen molar-refractivity contribution in [1.29, 1.82) is 0 Å². The van der Waals surface area contributed by atoms with Gasteiger partial charge in [0.1, 0.15) is 0 Å². The second-order valence-corrected chi connectivity index (χ2v) is 4.21. The minimum atomic E-state index is -0.689. The second-order valence-electron chi connectivity index (χ2n) is 4.21. The van der Waals surface area contributed by atoms with Gasteiger partial charge in [0.25, 0.3) is 0 Å². The van der Waals surface area contributed by atoms with E-state index in [0.717, 1.165) is 5.69 Å². The SMILES string of the molecule is Cc1ccnc(NCC2(O)CCOCC2)n1. The van der Waals surface area contributed by atoms with Crippen LogP contribution >= 0.6 is 0 Å². The van der Waals surface area contributed by atoms with Gasteiger partial charge < -0.3 is 15.2 Å². The topological polar surface area (TPSA) is 67.3 Å². The van der Waals surface area contributed by atoms with Crippen molar-refractivity contribution in [3.63, 3.8) is 0 Å². The average Bonchev–Trinajstić information content (AvgIpc) is 2.28. The fourth-order valence-electron chi connectivity index (χ4n) is 1.71. The molecule has 1 fully saturated rings. The van der Waals surface area contributed by atoms with E-state index in [2.05, 4.69) is 15.3 Å². The van der Waals surface area contributed by atoms with E-state index in [1.54, 1.807) is 6.20 Å². The van der Waals surface area contributed by atoms with Crippen molar-refractivity contribution < 1.29 is 9.84 Å². The second kappa shape index (κ2) is 4.76. The van der Waals surface area contributed by atoms with E-state index in [-0.39, 0.29) is 0 Å². The van der Waals surface area contributed by atoms with E-state index in [0.29, 0.717) is 38.5 Å². The van der Waals surface area contributed by atoms with Crippen molar-refractivity contribution in [3.8, 4) is 0 Å². The van der Waals surface area contributed by atoms with Gasteiger partial charge in [-0.2, -0.15) is 0 Å². The third-order valence-electron chi connectivity index (χ3n) is 2.79. The van der Waals surface area contributed by atoms with Crippen molar-refractivity contribution in [2.24, 2.45) is 0 Å². The lowest BCUT2D eigenvalue weighted by atomic mass is 9.94. The number of nitrogens with one attached hydrogen (secondary N) is 1. The summed E-state index contributed by atoms with van der Waals surface area (Å²) in [7, 11) is 0. The minimum Gasteiger partial charge on any atom is -0.388 e. The van der Waals surface area contributed by atoms with Crippen LogP contribution in [0.3, 0.4) is 0 Å². The number of hydrogen-bond acceptors (Lipinski definition) is 5. The molecule has 0 unspecified atom stereocenters. The maximum absolute atomic E-state index is 10.2. The summed E-state index contributed by atoms with van der Waals surface area (Å²) in [6.07, 6.45) is 3.02. The highest BCUT2D eigenvalue weighted by molar-refractivity contribution is 5.25. The lowest BCUT2D eigenvalue weighted by Crippen LogP contribution is -2.42. The van der Waals surface area contributed by atoms with Crippen LogP contribution in [0, 0.1) is 6.92 Å². The first-order valence-electron chi connectivity index (χ1n) is 5.52.